The Labute approximate surface area is 201 Å². The number of aliphatic hydroxyl groups is 1. The Balaban J connectivity index is 1.28. The molecular formula is C28H31N3O3. The molecule has 1 N–H and O–H groups in total. The maximum absolute atomic E-state index is 12.9. The maximum Gasteiger partial charge on any atom is 0.242 e. The third-order valence-corrected chi connectivity index (χ3v) is 7.48. The smallest absolute Gasteiger partial charge is 0.242 e. The highest BCUT2D eigenvalue weighted by Crippen LogP contribution is 2.43. The maximum atomic E-state index is 12.9. The number of hydrogen-bond donors (Lipinski definition) is 1. The Morgan fingerprint density at radius 1 is 1.09 bits per heavy atom. The fraction of sp³-hybridized carbons (Fsp3) is 0.464. The number of carbonyl (C=O) groups excluding carboxylic acids is 2. The molecular weight excluding hydrogens is 426 g/mol. The predicted octanol–water partition coefficient (Wildman–Crippen LogP) is 2.75. The highest BCUT2D eigenvalue weighted by atomic mass is 16.3. The van der Waals surface area contributed by atoms with Crippen LogP contribution in [0.3, 0.4) is 0 Å². The van der Waals surface area contributed by atoms with E-state index in [0.29, 0.717) is 18.2 Å². The first-order valence-corrected chi connectivity index (χ1v) is 12.4. The van der Waals surface area contributed by atoms with Crippen molar-refractivity contribution < 1.29 is 14.7 Å². The molecule has 2 aliphatic heterocycles. The standard InChI is InChI=1S/C28H31N3O3/c32-19-25-28(22-13-11-21(12-14-22)10-9-20-6-2-1-3-7-20)24-17-30(18-27(34)31(24)25)26(33)16-23-8-4-5-15-29-23/h4-5,8,11-15,20,24-25,28,32H,1-3,6-7,16-19H2/t24-,25+,28+/m0/s1. The molecule has 34 heavy (non-hydrogen) atoms. The van der Waals surface area contributed by atoms with Gasteiger partial charge in [-0.1, -0.05) is 49.3 Å². The highest BCUT2D eigenvalue weighted by Gasteiger charge is 2.54. The van der Waals surface area contributed by atoms with Gasteiger partial charge in [-0.2, -0.15) is 0 Å². The third-order valence-electron chi connectivity index (χ3n) is 7.48. The molecule has 6 nitrogen and oxygen atoms in total. The zero-order valence-electron chi connectivity index (χ0n) is 19.4. The van der Waals surface area contributed by atoms with Crippen molar-refractivity contribution in [1.82, 2.24) is 14.8 Å². The summed E-state index contributed by atoms with van der Waals surface area (Å²) < 4.78 is 0. The van der Waals surface area contributed by atoms with Crippen molar-refractivity contribution in [3.05, 3.63) is 65.5 Å². The number of fused-ring (bicyclic) bond motifs is 1. The first kappa shape index (κ1) is 22.6. The molecule has 3 atom stereocenters. The van der Waals surface area contributed by atoms with E-state index in [2.05, 4.69) is 29.0 Å². The van der Waals surface area contributed by atoms with E-state index in [1.54, 1.807) is 16.0 Å². The van der Waals surface area contributed by atoms with Gasteiger partial charge in [0, 0.05) is 35.8 Å². The first-order chi connectivity index (χ1) is 16.6. The van der Waals surface area contributed by atoms with Crippen LogP contribution in [0.15, 0.2) is 48.7 Å². The SMILES string of the molecule is O=C(Cc1ccccn1)N1CC(=O)N2[C@H](CO)[C@H](c3ccc(C#CC4CCCCC4)cc3)[C@@H]2C1. The Kier molecular flexibility index (Phi) is 6.64. The second-order valence-corrected chi connectivity index (χ2v) is 9.64. The number of piperazine rings is 1. The van der Waals surface area contributed by atoms with Crippen LogP contribution in [0.5, 0.6) is 0 Å². The van der Waals surface area contributed by atoms with Crippen molar-refractivity contribution in [3.63, 3.8) is 0 Å². The summed E-state index contributed by atoms with van der Waals surface area (Å²) in [6, 6.07) is 13.3. The average Bonchev–Trinajstić information content (AvgIpc) is 2.86. The van der Waals surface area contributed by atoms with Crippen LogP contribution in [0, 0.1) is 17.8 Å². The Hall–Kier alpha value is -3.17. The number of nitrogens with zero attached hydrogens (tertiary/aromatic N) is 3. The molecule has 0 spiro atoms. The van der Waals surface area contributed by atoms with Crippen LogP contribution in [0.25, 0.3) is 0 Å². The second kappa shape index (κ2) is 9.99. The van der Waals surface area contributed by atoms with Crippen molar-refractivity contribution in [2.45, 2.75) is 56.5 Å². The fourth-order valence-corrected chi connectivity index (χ4v) is 5.68. The van der Waals surface area contributed by atoms with Gasteiger partial charge in [-0.15, -0.1) is 0 Å². The van der Waals surface area contributed by atoms with E-state index in [0.717, 1.165) is 11.1 Å². The number of hydrogen-bond acceptors (Lipinski definition) is 4. The summed E-state index contributed by atoms with van der Waals surface area (Å²) in [4.78, 5) is 33.4. The van der Waals surface area contributed by atoms with E-state index in [1.807, 2.05) is 30.3 Å². The molecule has 1 aromatic carbocycles. The van der Waals surface area contributed by atoms with E-state index in [4.69, 9.17) is 0 Å². The number of aliphatic hydroxyl groups excluding tert-OH is 1. The summed E-state index contributed by atoms with van der Waals surface area (Å²) in [5, 5.41) is 10.0. The summed E-state index contributed by atoms with van der Waals surface area (Å²) in [5.74, 6) is 7.08. The van der Waals surface area contributed by atoms with E-state index >= 15 is 0 Å². The van der Waals surface area contributed by atoms with Crippen LogP contribution >= 0.6 is 0 Å². The lowest BCUT2D eigenvalue weighted by atomic mass is 9.73. The van der Waals surface area contributed by atoms with Gasteiger partial charge in [0.25, 0.3) is 0 Å². The van der Waals surface area contributed by atoms with E-state index in [9.17, 15) is 14.7 Å². The number of carbonyl (C=O) groups is 2. The number of pyridine rings is 1. The van der Waals surface area contributed by atoms with Gasteiger partial charge in [-0.05, 0) is 42.7 Å². The zero-order chi connectivity index (χ0) is 23.5. The normalized spacial score (nSPS) is 24.6. The molecule has 1 aliphatic carbocycles. The summed E-state index contributed by atoms with van der Waals surface area (Å²) in [6.07, 6.45) is 8.14. The molecule has 2 saturated heterocycles. The van der Waals surface area contributed by atoms with Gasteiger partial charge in [-0.25, -0.2) is 0 Å². The molecule has 3 heterocycles. The molecule has 2 amide bonds. The monoisotopic (exact) mass is 457 g/mol. The molecule has 1 saturated carbocycles. The van der Waals surface area contributed by atoms with Crippen LogP contribution in [0.4, 0.5) is 0 Å². The van der Waals surface area contributed by atoms with E-state index < -0.39 is 0 Å². The fourth-order valence-electron chi connectivity index (χ4n) is 5.68. The van der Waals surface area contributed by atoms with Gasteiger partial charge in [0.05, 0.1) is 31.7 Å². The van der Waals surface area contributed by atoms with Gasteiger partial charge in [-0.3, -0.25) is 14.6 Å². The minimum Gasteiger partial charge on any atom is -0.394 e. The summed E-state index contributed by atoms with van der Waals surface area (Å²) in [7, 11) is 0. The molecule has 5 rings (SSSR count). The second-order valence-electron chi connectivity index (χ2n) is 9.64. The molecule has 3 fully saturated rings. The molecule has 1 aromatic heterocycles. The lowest BCUT2D eigenvalue weighted by Crippen LogP contribution is -2.73. The van der Waals surface area contributed by atoms with Crippen LogP contribution in [0.1, 0.15) is 54.8 Å². The highest BCUT2D eigenvalue weighted by molar-refractivity contribution is 5.88. The van der Waals surface area contributed by atoms with Crippen molar-refractivity contribution in [3.8, 4) is 11.8 Å². The van der Waals surface area contributed by atoms with Gasteiger partial charge in [0.15, 0.2) is 0 Å². The molecule has 2 aromatic rings. The lowest BCUT2D eigenvalue weighted by Gasteiger charge is -2.58. The molecule has 0 bridgehead atoms. The molecule has 0 radical (unpaired) electrons. The quantitative estimate of drug-likeness (QED) is 0.717. The van der Waals surface area contributed by atoms with E-state index in [-0.39, 0.29) is 49.4 Å². The molecule has 176 valence electrons. The van der Waals surface area contributed by atoms with Gasteiger partial charge in [0.1, 0.15) is 0 Å². The Morgan fingerprint density at radius 3 is 2.59 bits per heavy atom. The van der Waals surface area contributed by atoms with Gasteiger partial charge < -0.3 is 14.9 Å². The lowest BCUT2D eigenvalue weighted by molar-refractivity contribution is -0.166. The van der Waals surface area contributed by atoms with Gasteiger partial charge >= 0.3 is 0 Å². The number of rotatable bonds is 4. The number of aromatic nitrogens is 1. The Bertz CT molecular complexity index is 1080. The minimum absolute atomic E-state index is 0.000228. The molecule has 3 aliphatic rings. The van der Waals surface area contributed by atoms with Crippen molar-refractivity contribution in [2.24, 2.45) is 5.92 Å². The minimum atomic E-state index is -0.246. The largest absolute Gasteiger partial charge is 0.394 e. The summed E-state index contributed by atoms with van der Waals surface area (Å²) in [5.41, 5.74) is 2.78. The molecule has 0 unspecified atom stereocenters. The van der Waals surface area contributed by atoms with Crippen LogP contribution in [-0.4, -0.2) is 63.5 Å². The number of amides is 2. The van der Waals surface area contributed by atoms with Crippen molar-refractivity contribution in [1.29, 1.82) is 0 Å². The molecule has 6 heteroatoms. The van der Waals surface area contributed by atoms with Gasteiger partial charge in [0.2, 0.25) is 11.8 Å². The van der Waals surface area contributed by atoms with Crippen molar-refractivity contribution >= 4 is 11.8 Å². The van der Waals surface area contributed by atoms with E-state index in [1.165, 1.54) is 32.1 Å². The Morgan fingerprint density at radius 2 is 1.88 bits per heavy atom. The van der Waals surface area contributed by atoms with Crippen LogP contribution < -0.4 is 0 Å². The predicted molar refractivity (Wildman–Crippen MR) is 129 cm³/mol. The summed E-state index contributed by atoms with van der Waals surface area (Å²) in [6.45, 7) is 0.445. The number of benzene rings is 1. The third kappa shape index (κ3) is 4.58. The zero-order valence-corrected chi connectivity index (χ0v) is 19.4. The topological polar surface area (TPSA) is 73.7 Å². The van der Waals surface area contributed by atoms with Crippen molar-refractivity contribution in [2.75, 3.05) is 19.7 Å². The summed E-state index contributed by atoms with van der Waals surface area (Å²) >= 11 is 0. The van der Waals surface area contributed by atoms with Crippen LogP contribution in [-0.2, 0) is 16.0 Å². The first-order valence-electron chi connectivity index (χ1n) is 12.4. The van der Waals surface area contributed by atoms with Crippen LogP contribution in [0.2, 0.25) is 0 Å². The average molecular weight is 458 g/mol.